The van der Waals surface area contributed by atoms with E-state index in [1.807, 2.05) is 21.1 Å². The molecule has 0 saturated carbocycles. The third-order valence-electron chi connectivity index (χ3n) is 9.20. The number of hydrogen-bond donors (Lipinski definition) is 3. The minimum absolute atomic E-state index is 0.0720. The van der Waals surface area contributed by atoms with Crippen LogP contribution in [0.1, 0.15) is 181 Å². The van der Waals surface area contributed by atoms with Crippen molar-refractivity contribution < 1.29 is 32.9 Å². The van der Waals surface area contributed by atoms with Crippen LogP contribution in [0.25, 0.3) is 0 Å². The van der Waals surface area contributed by atoms with Gasteiger partial charge in [-0.15, -0.1) is 0 Å². The van der Waals surface area contributed by atoms with E-state index in [2.05, 4.69) is 43.5 Å². The first-order valence-corrected chi connectivity index (χ1v) is 22.2. The van der Waals surface area contributed by atoms with Crippen LogP contribution in [-0.2, 0) is 18.4 Å². The van der Waals surface area contributed by atoms with Gasteiger partial charge in [0.05, 0.1) is 39.9 Å². The molecule has 0 fully saturated rings. The maximum atomic E-state index is 12.8. The minimum Gasteiger partial charge on any atom is -0.391 e. The summed E-state index contributed by atoms with van der Waals surface area (Å²) in [5.74, 6) is -0.160. The standard InChI is InChI=1S/C41H81N2O6P/c1-6-8-10-12-14-16-18-20-21-22-23-25-27-29-31-33-35-41(45)42-39(38-49-50(46,47)48-37-36-43(3,4)5)40(44)34-32-30-28-26-24-19-17-15-13-11-9-7-2/h16,18,21-22,39-40,44H,6-15,17,19-20,23-38H2,1-5H3,(H-,42,45,46,47)/p+1/b18-16-,22-21-. The second-order valence-electron chi connectivity index (χ2n) is 15.4. The number of aliphatic hydroxyl groups is 1. The van der Waals surface area contributed by atoms with E-state index in [-0.39, 0.29) is 19.1 Å². The molecule has 8 nitrogen and oxygen atoms in total. The molecule has 3 unspecified atom stereocenters. The zero-order chi connectivity index (χ0) is 37.2. The molecule has 1 amide bonds. The molecule has 3 atom stereocenters. The summed E-state index contributed by atoms with van der Waals surface area (Å²) in [6, 6.07) is -0.764. The largest absolute Gasteiger partial charge is 0.472 e. The lowest BCUT2D eigenvalue weighted by atomic mass is 10.0. The summed E-state index contributed by atoms with van der Waals surface area (Å²) in [7, 11) is 1.60. The Kier molecular flexibility index (Phi) is 33.1. The summed E-state index contributed by atoms with van der Waals surface area (Å²) in [6.45, 7) is 4.84. The Morgan fingerprint density at radius 2 is 1.14 bits per heavy atom. The molecule has 0 aliphatic carbocycles. The quantitative estimate of drug-likeness (QED) is 0.0254. The summed E-state index contributed by atoms with van der Waals surface area (Å²) in [5.41, 5.74) is 0. The Bertz CT molecular complexity index is 876. The maximum absolute atomic E-state index is 12.8. The van der Waals surface area contributed by atoms with Crippen LogP contribution in [0.2, 0.25) is 0 Å². The molecule has 0 spiro atoms. The van der Waals surface area contributed by atoms with Gasteiger partial charge in [-0.2, -0.15) is 0 Å². The topological polar surface area (TPSA) is 105 Å². The van der Waals surface area contributed by atoms with Gasteiger partial charge in [0.15, 0.2) is 0 Å². The number of quaternary nitrogens is 1. The highest BCUT2D eigenvalue weighted by molar-refractivity contribution is 7.47. The van der Waals surface area contributed by atoms with Crippen LogP contribution in [0.15, 0.2) is 24.3 Å². The summed E-state index contributed by atoms with van der Waals surface area (Å²) < 4.78 is 23.5. The molecule has 3 N–H and O–H groups in total. The van der Waals surface area contributed by atoms with Crippen molar-refractivity contribution in [3.8, 4) is 0 Å². The van der Waals surface area contributed by atoms with E-state index >= 15 is 0 Å². The molecule has 0 aliphatic rings. The van der Waals surface area contributed by atoms with Gasteiger partial charge in [0.1, 0.15) is 13.2 Å². The SMILES string of the molecule is CCCCCC/C=C\C/C=C\CCCCCCCC(=O)NC(COP(=O)(O)OCC[N+](C)(C)C)C(O)CCCCCCCCCCCCCC. The van der Waals surface area contributed by atoms with Crippen molar-refractivity contribution in [3.63, 3.8) is 0 Å². The lowest BCUT2D eigenvalue weighted by Crippen LogP contribution is -2.46. The van der Waals surface area contributed by atoms with E-state index in [9.17, 15) is 19.4 Å². The molecule has 0 rings (SSSR count). The molecule has 0 aromatic rings. The zero-order valence-corrected chi connectivity index (χ0v) is 34.3. The van der Waals surface area contributed by atoms with Gasteiger partial charge < -0.3 is 19.8 Å². The number of nitrogens with zero attached hydrogens (tertiary/aromatic N) is 1. The van der Waals surface area contributed by atoms with Gasteiger partial charge in [0.2, 0.25) is 5.91 Å². The van der Waals surface area contributed by atoms with Crippen LogP contribution in [-0.4, -0.2) is 73.4 Å². The summed E-state index contributed by atoms with van der Waals surface area (Å²) in [6.07, 6.45) is 37.6. The summed E-state index contributed by atoms with van der Waals surface area (Å²) in [4.78, 5) is 23.1. The smallest absolute Gasteiger partial charge is 0.391 e. The average molecular weight is 730 g/mol. The van der Waals surface area contributed by atoms with Crippen LogP contribution < -0.4 is 5.32 Å². The first-order chi connectivity index (χ1) is 24.0. The van der Waals surface area contributed by atoms with Crippen molar-refractivity contribution in [2.45, 2.75) is 193 Å². The van der Waals surface area contributed by atoms with Gasteiger partial charge in [-0.1, -0.05) is 154 Å². The fraction of sp³-hybridized carbons (Fsp3) is 0.878. The lowest BCUT2D eigenvalue weighted by molar-refractivity contribution is -0.870. The van der Waals surface area contributed by atoms with E-state index in [0.717, 1.165) is 64.2 Å². The van der Waals surface area contributed by atoms with Gasteiger partial charge in [-0.3, -0.25) is 13.8 Å². The average Bonchev–Trinajstić information content (AvgIpc) is 3.06. The van der Waals surface area contributed by atoms with Crippen LogP contribution >= 0.6 is 7.82 Å². The van der Waals surface area contributed by atoms with Crippen LogP contribution in [0.5, 0.6) is 0 Å². The first-order valence-electron chi connectivity index (χ1n) is 20.7. The second kappa shape index (κ2) is 33.8. The molecule has 0 aliphatic heterocycles. The number of nitrogens with one attached hydrogen (secondary N) is 1. The van der Waals surface area contributed by atoms with Crippen LogP contribution in [0, 0.1) is 0 Å². The molecule has 296 valence electrons. The molecule has 0 heterocycles. The van der Waals surface area contributed by atoms with Crippen molar-refractivity contribution >= 4 is 13.7 Å². The summed E-state index contributed by atoms with van der Waals surface area (Å²) in [5, 5.41) is 13.9. The summed E-state index contributed by atoms with van der Waals surface area (Å²) >= 11 is 0. The third-order valence-corrected chi connectivity index (χ3v) is 10.2. The highest BCUT2D eigenvalue weighted by Gasteiger charge is 2.28. The zero-order valence-electron chi connectivity index (χ0n) is 33.4. The molecule has 0 radical (unpaired) electrons. The predicted octanol–water partition coefficient (Wildman–Crippen LogP) is 11.0. The van der Waals surface area contributed by atoms with Crippen molar-refractivity contribution in [2.75, 3.05) is 40.9 Å². The Balaban J connectivity index is 4.44. The van der Waals surface area contributed by atoms with Crippen molar-refractivity contribution in [1.82, 2.24) is 5.32 Å². The van der Waals surface area contributed by atoms with Gasteiger partial charge in [-0.05, 0) is 44.9 Å². The number of carbonyl (C=O) groups excluding carboxylic acids is 1. The number of amides is 1. The number of rotatable bonds is 37. The fourth-order valence-electron chi connectivity index (χ4n) is 5.84. The Morgan fingerprint density at radius 1 is 0.680 bits per heavy atom. The van der Waals surface area contributed by atoms with Crippen molar-refractivity contribution in [2.24, 2.45) is 0 Å². The van der Waals surface area contributed by atoms with E-state index in [4.69, 9.17) is 9.05 Å². The highest BCUT2D eigenvalue weighted by Crippen LogP contribution is 2.43. The van der Waals surface area contributed by atoms with Crippen molar-refractivity contribution in [1.29, 1.82) is 0 Å². The number of likely N-dealkylation sites (N-methyl/N-ethyl adjacent to an activating group) is 1. The molecule has 9 heteroatoms. The fourth-order valence-corrected chi connectivity index (χ4v) is 6.57. The Morgan fingerprint density at radius 3 is 1.66 bits per heavy atom. The third kappa shape index (κ3) is 35.4. The molecular weight excluding hydrogens is 647 g/mol. The van der Waals surface area contributed by atoms with Gasteiger partial charge in [0, 0.05) is 6.42 Å². The highest BCUT2D eigenvalue weighted by atomic mass is 31.2. The molecule has 0 saturated heterocycles. The monoisotopic (exact) mass is 730 g/mol. The second-order valence-corrected chi connectivity index (χ2v) is 16.8. The molecular formula is C41H82N2O6P+. The first kappa shape index (κ1) is 49.0. The molecule has 0 aromatic heterocycles. The van der Waals surface area contributed by atoms with E-state index in [0.29, 0.717) is 23.9 Å². The van der Waals surface area contributed by atoms with Crippen LogP contribution in [0.3, 0.4) is 0 Å². The number of phosphoric acid groups is 1. The van der Waals surface area contributed by atoms with Gasteiger partial charge in [0.25, 0.3) is 0 Å². The maximum Gasteiger partial charge on any atom is 0.472 e. The number of allylic oxidation sites excluding steroid dienone is 4. The number of aliphatic hydroxyl groups excluding tert-OH is 1. The minimum atomic E-state index is -4.31. The molecule has 0 bridgehead atoms. The number of phosphoric ester groups is 1. The number of hydrogen-bond acceptors (Lipinski definition) is 5. The normalized spacial score (nSPS) is 14.8. The van der Waals surface area contributed by atoms with Gasteiger partial charge in [-0.25, -0.2) is 4.57 Å². The van der Waals surface area contributed by atoms with E-state index in [1.165, 1.54) is 89.9 Å². The molecule has 50 heavy (non-hydrogen) atoms. The number of unbranched alkanes of at least 4 members (excludes halogenated alkanes) is 20. The van der Waals surface area contributed by atoms with E-state index < -0.39 is 20.0 Å². The predicted molar refractivity (Wildman–Crippen MR) is 212 cm³/mol. The Labute approximate surface area is 309 Å². The van der Waals surface area contributed by atoms with Crippen LogP contribution in [0.4, 0.5) is 0 Å². The van der Waals surface area contributed by atoms with E-state index in [1.54, 1.807) is 0 Å². The van der Waals surface area contributed by atoms with Gasteiger partial charge >= 0.3 is 7.82 Å². The molecule has 0 aromatic carbocycles. The lowest BCUT2D eigenvalue weighted by Gasteiger charge is -2.26. The van der Waals surface area contributed by atoms with Crippen molar-refractivity contribution in [3.05, 3.63) is 24.3 Å². The Hall–Kier alpha value is -1.02. The number of carbonyl (C=O) groups is 1.